The Hall–Kier alpha value is -3.07. The molecule has 9 heteroatoms. The molecule has 1 aliphatic heterocycles. The summed E-state index contributed by atoms with van der Waals surface area (Å²) in [7, 11) is 0. The monoisotopic (exact) mass is 545 g/mol. The van der Waals surface area contributed by atoms with E-state index >= 15 is 0 Å². The van der Waals surface area contributed by atoms with Gasteiger partial charge in [-0.3, -0.25) is 9.59 Å². The molecule has 0 radical (unpaired) electrons. The number of nitrogens with zero attached hydrogens (tertiary/aromatic N) is 2. The van der Waals surface area contributed by atoms with Crippen LogP contribution in [0.25, 0.3) is 10.9 Å². The maximum Gasteiger partial charge on any atom is 0.303 e. The van der Waals surface area contributed by atoms with Crippen molar-refractivity contribution in [3.05, 3.63) is 69.2 Å². The third kappa shape index (κ3) is 5.45. The van der Waals surface area contributed by atoms with Crippen molar-refractivity contribution >= 4 is 44.5 Å². The molecular formula is C26H26BrF2N3O3. The maximum absolute atomic E-state index is 14.5. The van der Waals surface area contributed by atoms with E-state index in [2.05, 4.69) is 26.1 Å². The Morgan fingerprint density at radius 3 is 2.51 bits per heavy atom. The van der Waals surface area contributed by atoms with Gasteiger partial charge in [-0.2, -0.15) is 0 Å². The second-order valence-electron chi connectivity index (χ2n) is 8.77. The summed E-state index contributed by atoms with van der Waals surface area (Å²) in [6.07, 6.45) is 1.81. The van der Waals surface area contributed by atoms with Crippen LogP contribution in [0.15, 0.2) is 40.9 Å². The van der Waals surface area contributed by atoms with Gasteiger partial charge in [-0.25, -0.2) is 13.8 Å². The zero-order valence-corrected chi connectivity index (χ0v) is 20.9. The third-order valence-electron chi connectivity index (χ3n) is 6.42. The molecule has 4 rings (SSSR count). The van der Waals surface area contributed by atoms with Crippen molar-refractivity contribution in [3.63, 3.8) is 0 Å². The Morgan fingerprint density at radius 2 is 1.86 bits per heavy atom. The lowest BCUT2D eigenvalue weighted by molar-refractivity contribution is -0.137. The van der Waals surface area contributed by atoms with Crippen LogP contribution in [0.2, 0.25) is 0 Å². The molecule has 1 fully saturated rings. The van der Waals surface area contributed by atoms with E-state index in [1.54, 1.807) is 0 Å². The minimum absolute atomic E-state index is 0.0197. The van der Waals surface area contributed by atoms with E-state index in [4.69, 9.17) is 10.1 Å². The summed E-state index contributed by atoms with van der Waals surface area (Å²) in [5.74, 6) is -3.08. The minimum atomic E-state index is -1.07. The van der Waals surface area contributed by atoms with Crippen LogP contribution < -0.4 is 10.2 Å². The molecule has 1 aromatic heterocycles. The van der Waals surface area contributed by atoms with Gasteiger partial charge in [0, 0.05) is 53.0 Å². The summed E-state index contributed by atoms with van der Waals surface area (Å²) in [5.41, 5.74) is 1.64. The predicted octanol–water partition coefficient (Wildman–Crippen LogP) is 5.56. The number of rotatable bonds is 8. The van der Waals surface area contributed by atoms with Gasteiger partial charge in [0.15, 0.2) is 0 Å². The molecule has 2 aromatic carbocycles. The summed E-state index contributed by atoms with van der Waals surface area (Å²) >= 11 is 3.46. The molecule has 1 aliphatic rings. The first-order valence-electron chi connectivity index (χ1n) is 11.5. The standard InChI is InChI=1S/C26H26BrF2N3O3/c1-15-23(18-13-17(27)8-9-21(18)31-25(15)32-11-2-3-12-32)26(35)30-14-16(7-10-22(33)34)24-19(28)5-4-6-20(24)29/h4-6,8-9,13,16H,2-3,7,10-12,14H2,1H3,(H,30,35)(H,33,34). The Bertz CT molecular complexity index is 1260. The molecule has 1 unspecified atom stereocenters. The molecule has 1 amide bonds. The normalized spacial score (nSPS) is 14.3. The van der Waals surface area contributed by atoms with Crippen molar-refractivity contribution < 1.29 is 23.5 Å². The van der Waals surface area contributed by atoms with Crippen LogP contribution in [-0.2, 0) is 4.79 Å². The lowest BCUT2D eigenvalue weighted by atomic mass is 9.92. The van der Waals surface area contributed by atoms with E-state index in [0.29, 0.717) is 16.5 Å². The molecule has 35 heavy (non-hydrogen) atoms. The average Bonchev–Trinajstić information content (AvgIpc) is 3.34. The summed E-state index contributed by atoms with van der Waals surface area (Å²) < 4.78 is 29.8. The van der Waals surface area contributed by atoms with Gasteiger partial charge in [-0.1, -0.05) is 22.0 Å². The number of aliphatic carboxylic acids is 1. The summed E-state index contributed by atoms with van der Waals surface area (Å²) in [6, 6.07) is 9.06. The maximum atomic E-state index is 14.5. The van der Waals surface area contributed by atoms with Crippen LogP contribution in [0.5, 0.6) is 0 Å². The van der Waals surface area contributed by atoms with Crippen LogP contribution in [0, 0.1) is 18.6 Å². The van der Waals surface area contributed by atoms with Gasteiger partial charge in [0.2, 0.25) is 0 Å². The highest BCUT2D eigenvalue weighted by atomic mass is 79.9. The van der Waals surface area contributed by atoms with Crippen molar-refractivity contribution in [3.8, 4) is 0 Å². The fraction of sp³-hybridized carbons (Fsp3) is 0.346. The number of amides is 1. The lowest BCUT2D eigenvalue weighted by Gasteiger charge is -2.23. The molecule has 2 N–H and O–H groups in total. The number of hydrogen-bond donors (Lipinski definition) is 2. The largest absolute Gasteiger partial charge is 0.481 e. The first kappa shape index (κ1) is 25.0. The Balaban J connectivity index is 1.69. The number of carbonyl (C=O) groups excluding carboxylic acids is 1. The Kier molecular flexibility index (Phi) is 7.64. The molecule has 0 spiro atoms. The van der Waals surface area contributed by atoms with E-state index < -0.39 is 29.4 Å². The second-order valence-corrected chi connectivity index (χ2v) is 9.68. The highest BCUT2D eigenvalue weighted by Crippen LogP contribution is 2.32. The van der Waals surface area contributed by atoms with E-state index in [0.717, 1.165) is 53.9 Å². The Morgan fingerprint density at radius 1 is 1.17 bits per heavy atom. The SMILES string of the molecule is Cc1c(N2CCCC2)nc2ccc(Br)cc2c1C(=O)NCC(CCC(=O)O)c1c(F)cccc1F. The molecule has 0 bridgehead atoms. The second kappa shape index (κ2) is 10.7. The van der Waals surface area contributed by atoms with Gasteiger partial charge in [-0.05, 0) is 56.5 Å². The van der Waals surface area contributed by atoms with Crippen LogP contribution in [0.1, 0.15) is 53.1 Å². The fourth-order valence-corrected chi connectivity index (χ4v) is 5.06. The highest BCUT2D eigenvalue weighted by molar-refractivity contribution is 9.10. The van der Waals surface area contributed by atoms with Crippen molar-refractivity contribution in [2.45, 2.75) is 38.5 Å². The molecule has 0 aliphatic carbocycles. The summed E-state index contributed by atoms with van der Waals surface area (Å²) in [6.45, 7) is 3.47. The molecule has 2 heterocycles. The van der Waals surface area contributed by atoms with Gasteiger partial charge in [0.1, 0.15) is 17.5 Å². The summed E-state index contributed by atoms with van der Waals surface area (Å²) in [4.78, 5) is 31.7. The van der Waals surface area contributed by atoms with Gasteiger partial charge in [0.25, 0.3) is 5.91 Å². The lowest BCUT2D eigenvalue weighted by Crippen LogP contribution is -2.31. The number of carboxylic acid groups (broad SMARTS) is 1. The molecule has 6 nitrogen and oxygen atoms in total. The number of carboxylic acids is 1. The number of nitrogens with one attached hydrogen (secondary N) is 1. The number of hydrogen-bond acceptors (Lipinski definition) is 4. The zero-order valence-electron chi connectivity index (χ0n) is 19.3. The number of carbonyl (C=O) groups is 2. The third-order valence-corrected chi connectivity index (χ3v) is 6.91. The quantitative estimate of drug-likeness (QED) is 0.387. The number of fused-ring (bicyclic) bond motifs is 1. The van der Waals surface area contributed by atoms with E-state index in [-0.39, 0.29) is 24.9 Å². The fourth-order valence-electron chi connectivity index (χ4n) is 4.70. The number of aromatic nitrogens is 1. The van der Waals surface area contributed by atoms with Crippen molar-refractivity contribution in [1.82, 2.24) is 10.3 Å². The van der Waals surface area contributed by atoms with E-state index in [1.807, 2.05) is 25.1 Å². The van der Waals surface area contributed by atoms with Gasteiger partial charge in [-0.15, -0.1) is 0 Å². The average molecular weight is 546 g/mol. The Labute approximate surface area is 210 Å². The highest BCUT2D eigenvalue weighted by Gasteiger charge is 2.26. The first-order valence-corrected chi connectivity index (χ1v) is 12.3. The van der Waals surface area contributed by atoms with Gasteiger partial charge < -0.3 is 15.3 Å². The molecule has 1 atom stereocenters. The molecule has 184 valence electrons. The minimum Gasteiger partial charge on any atom is -0.481 e. The zero-order chi connectivity index (χ0) is 25.1. The van der Waals surface area contributed by atoms with Crippen LogP contribution in [0.3, 0.4) is 0 Å². The first-order chi connectivity index (χ1) is 16.8. The van der Waals surface area contributed by atoms with Gasteiger partial charge >= 0.3 is 5.97 Å². The predicted molar refractivity (Wildman–Crippen MR) is 134 cm³/mol. The van der Waals surface area contributed by atoms with Crippen molar-refractivity contribution in [1.29, 1.82) is 0 Å². The van der Waals surface area contributed by atoms with Gasteiger partial charge in [0.05, 0.1) is 11.1 Å². The molecule has 0 saturated carbocycles. The van der Waals surface area contributed by atoms with E-state index in [1.165, 1.54) is 6.07 Å². The number of pyridine rings is 1. The van der Waals surface area contributed by atoms with Crippen molar-refractivity contribution in [2.75, 3.05) is 24.5 Å². The number of benzene rings is 2. The van der Waals surface area contributed by atoms with E-state index in [9.17, 15) is 18.4 Å². The number of anilines is 1. The molecule has 1 saturated heterocycles. The topological polar surface area (TPSA) is 82.5 Å². The van der Waals surface area contributed by atoms with Crippen LogP contribution >= 0.6 is 15.9 Å². The smallest absolute Gasteiger partial charge is 0.303 e. The number of halogens is 3. The van der Waals surface area contributed by atoms with Crippen LogP contribution in [0.4, 0.5) is 14.6 Å². The van der Waals surface area contributed by atoms with Crippen molar-refractivity contribution in [2.24, 2.45) is 0 Å². The van der Waals surface area contributed by atoms with Crippen LogP contribution in [-0.4, -0.2) is 41.6 Å². The molecule has 3 aromatic rings. The molecular weight excluding hydrogens is 520 g/mol. The summed E-state index contributed by atoms with van der Waals surface area (Å²) in [5, 5.41) is 12.6.